The third-order valence-corrected chi connectivity index (χ3v) is 1.95. The molecule has 1 aromatic carbocycles. The van der Waals surface area contributed by atoms with Crippen LogP contribution in [0.5, 0.6) is 0 Å². The molecule has 0 aliphatic carbocycles. The van der Waals surface area contributed by atoms with Gasteiger partial charge in [0.15, 0.2) is 0 Å². The number of carboxylic acids is 1. The van der Waals surface area contributed by atoms with Crippen molar-refractivity contribution in [1.82, 2.24) is 0 Å². The molecule has 1 N–H and O–H groups in total. The van der Waals surface area contributed by atoms with E-state index in [0.29, 0.717) is 5.56 Å². The Balaban J connectivity index is 2.91. The fourth-order valence-corrected chi connectivity index (χ4v) is 1.20. The molecule has 0 aliphatic rings. The highest BCUT2D eigenvalue weighted by Gasteiger charge is 2.19. The molecule has 78 valence electrons. The second-order valence-corrected chi connectivity index (χ2v) is 3.14. The number of rotatable bonds is 4. The van der Waals surface area contributed by atoms with E-state index in [0.717, 1.165) is 0 Å². The summed E-state index contributed by atoms with van der Waals surface area (Å²) in [6.45, 7) is 1.70. The predicted octanol–water partition coefficient (Wildman–Crippen LogP) is 1.22. The summed E-state index contributed by atoms with van der Waals surface area (Å²) >= 11 is 0. The van der Waals surface area contributed by atoms with E-state index in [2.05, 4.69) is 0 Å². The molecule has 1 rings (SSSR count). The SMILES string of the molecule is Cc1ccccc1C(=O)C(=O)CC(=O)O. The topological polar surface area (TPSA) is 71.4 Å². The van der Waals surface area contributed by atoms with Gasteiger partial charge in [-0.25, -0.2) is 0 Å². The number of carboxylic acid groups (broad SMARTS) is 1. The molecule has 0 fully saturated rings. The smallest absolute Gasteiger partial charge is 0.311 e. The van der Waals surface area contributed by atoms with Gasteiger partial charge in [0.1, 0.15) is 6.42 Å². The van der Waals surface area contributed by atoms with Crippen molar-refractivity contribution >= 4 is 17.5 Å². The van der Waals surface area contributed by atoms with Crippen molar-refractivity contribution in [2.45, 2.75) is 13.3 Å². The zero-order chi connectivity index (χ0) is 11.4. The van der Waals surface area contributed by atoms with Crippen LogP contribution < -0.4 is 0 Å². The lowest BCUT2D eigenvalue weighted by atomic mass is 10.0. The maximum Gasteiger partial charge on any atom is 0.311 e. The second-order valence-electron chi connectivity index (χ2n) is 3.14. The van der Waals surface area contributed by atoms with E-state index < -0.39 is 24.0 Å². The van der Waals surface area contributed by atoms with Gasteiger partial charge in [0.05, 0.1) is 0 Å². The summed E-state index contributed by atoms with van der Waals surface area (Å²) in [5, 5.41) is 8.38. The fourth-order valence-electron chi connectivity index (χ4n) is 1.20. The Hall–Kier alpha value is -1.97. The van der Waals surface area contributed by atoms with Crippen molar-refractivity contribution < 1.29 is 19.5 Å². The molecule has 4 nitrogen and oxygen atoms in total. The predicted molar refractivity (Wildman–Crippen MR) is 52.8 cm³/mol. The van der Waals surface area contributed by atoms with E-state index in [-0.39, 0.29) is 5.56 Å². The summed E-state index contributed by atoms with van der Waals surface area (Å²) in [6, 6.07) is 6.58. The summed E-state index contributed by atoms with van der Waals surface area (Å²) in [7, 11) is 0. The highest BCUT2D eigenvalue weighted by molar-refractivity contribution is 6.46. The number of aryl methyl sites for hydroxylation is 1. The number of carbonyl (C=O) groups excluding carboxylic acids is 2. The molecule has 0 radical (unpaired) electrons. The third kappa shape index (κ3) is 2.74. The summed E-state index contributed by atoms with van der Waals surface area (Å²) in [5.41, 5.74) is 0.935. The van der Waals surface area contributed by atoms with Crippen molar-refractivity contribution in [3.8, 4) is 0 Å². The Morgan fingerprint density at radius 1 is 1.20 bits per heavy atom. The van der Waals surface area contributed by atoms with Crippen LogP contribution in [0.2, 0.25) is 0 Å². The average Bonchev–Trinajstić information content (AvgIpc) is 2.16. The molecule has 0 aliphatic heterocycles. The minimum Gasteiger partial charge on any atom is -0.481 e. The van der Waals surface area contributed by atoms with Crippen LogP contribution in [0.15, 0.2) is 24.3 Å². The molecule has 0 heterocycles. The van der Waals surface area contributed by atoms with E-state index in [9.17, 15) is 14.4 Å². The highest BCUT2D eigenvalue weighted by Crippen LogP contribution is 2.09. The first-order chi connectivity index (χ1) is 7.02. The fraction of sp³-hybridized carbons (Fsp3) is 0.182. The number of benzene rings is 1. The lowest BCUT2D eigenvalue weighted by Gasteiger charge is -2.01. The zero-order valence-corrected chi connectivity index (χ0v) is 8.19. The van der Waals surface area contributed by atoms with Gasteiger partial charge in [-0.15, -0.1) is 0 Å². The molecule has 0 saturated carbocycles. The number of ketones is 2. The van der Waals surface area contributed by atoms with Gasteiger partial charge in [0.25, 0.3) is 0 Å². The summed E-state index contributed by atoms with van der Waals surface area (Å²) in [5.74, 6) is -2.92. The Morgan fingerprint density at radius 2 is 1.80 bits per heavy atom. The van der Waals surface area contributed by atoms with E-state index in [1.807, 2.05) is 0 Å². The van der Waals surface area contributed by atoms with E-state index in [1.165, 1.54) is 6.07 Å². The monoisotopic (exact) mass is 206 g/mol. The van der Waals surface area contributed by atoms with Gasteiger partial charge in [-0.1, -0.05) is 24.3 Å². The third-order valence-electron chi connectivity index (χ3n) is 1.95. The Labute approximate surface area is 86.5 Å². The van der Waals surface area contributed by atoms with Gasteiger partial charge in [-0.05, 0) is 12.5 Å². The van der Waals surface area contributed by atoms with E-state index in [1.54, 1.807) is 25.1 Å². The van der Waals surface area contributed by atoms with Crippen molar-refractivity contribution in [3.05, 3.63) is 35.4 Å². The molecule has 0 bridgehead atoms. The van der Waals surface area contributed by atoms with Crippen LogP contribution in [0.25, 0.3) is 0 Å². The molecule has 0 spiro atoms. The number of aliphatic carboxylic acids is 1. The lowest BCUT2D eigenvalue weighted by molar-refractivity contribution is -0.139. The van der Waals surface area contributed by atoms with Gasteiger partial charge < -0.3 is 5.11 Å². The van der Waals surface area contributed by atoms with Crippen LogP contribution >= 0.6 is 0 Å². The number of carbonyl (C=O) groups is 3. The standard InChI is InChI=1S/C11H10O4/c1-7-4-2-3-5-8(7)11(15)9(12)6-10(13)14/h2-5H,6H2,1H3,(H,13,14). The minimum atomic E-state index is -1.29. The van der Waals surface area contributed by atoms with Crippen molar-refractivity contribution in [3.63, 3.8) is 0 Å². The van der Waals surface area contributed by atoms with E-state index in [4.69, 9.17) is 5.11 Å². The molecule has 0 atom stereocenters. The summed E-state index contributed by atoms with van der Waals surface area (Å²) < 4.78 is 0. The van der Waals surface area contributed by atoms with Crippen LogP contribution in [-0.2, 0) is 9.59 Å². The maximum absolute atomic E-state index is 11.5. The molecule has 1 aromatic rings. The van der Waals surface area contributed by atoms with Gasteiger partial charge in [-0.2, -0.15) is 0 Å². The molecular formula is C11H10O4. The number of hydrogen-bond donors (Lipinski definition) is 1. The minimum absolute atomic E-state index is 0.267. The molecule has 4 heteroatoms. The molecular weight excluding hydrogens is 196 g/mol. The molecule has 15 heavy (non-hydrogen) atoms. The van der Waals surface area contributed by atoms with Crippen molar-refractivity contribution in [1.29, 1.82) is 0 Å². The normalized spacial score (nSPS) is 9.67. The summed E-state index contributed by atoms with van der Waals surface area (Å²) in [4.78, 5) is 32.9. The van der Waals surface area contributed by atoms with Gasteiger partial charge >= 0.3 is 5.97 Å². The first kappa shape index (κ1) is 11.1. The van der Waals surface area contributed by atoms with Crippen LogP contribution in [0.3, 0.4) is 0 Å². The van der Waals surface area contributed by atoms with Crippen molar-refractivity contribution in [2.75, 3.05) is 0 Å². The Morgan fingerprint density at radius 3 is 2.33 bits per heavy atom. The van der Waals surface area contributed by atoms with Crippen LogP contribution in [0.1, 0.15) is 22.3 Å². The van der Waals surface area contributed by atoms with E-state index >= 15 is 0 Å². The number of Topliss-reactive ketones (excluding diaryl/α,β-unsaturated/α-hetero) is 2. The molecule has 0 amide bonds. The number of hydrogen-bond acceptors (Lipinski definition) is 3. The Bertz CT molecular complexity index is 420. The first-order valence-electron chi connectivity index (χ1n) is 4.37. The molecule has 0 aromatic heterocycles. The largest absolute Gasteiger partial charge is 0.481 e. The quantitative estimate of drug-likeness (QED) is 0.456. The van der Waals surface area contributed by atoms with Crippen LogP contribution in [-0.4, -0.2) is 22.6 Å². The van der Waals surface area contributed by atoms with Gasteiger partial charge in [-0.3, -0.25) is 14.4 Å². The zero-order valence-electron chi connectivity index (χ0n) is 8.19. The second kappa shape index (κ2) is 4.50. The molecule has 0 saturated heterocycles. The van der Waals surface area contributed by atoms with Gasteiger partial charge in [0, 0.05) is 5.56 Å². The molecule has 0 unspecified atom stereocenters. The van der Waals surface area contributed by atoms with Crippen LogP contribution in [0.4, 0.5) is 0 Å². The van der Waals surface area contributed by atoms with Gasteiger partial charge in [0.2, 0.25) is 11.6 Å². The highest BCUT2D eigenvalue weighted by atomic mass is 16.4. The lowest BCUT2D eigenvalue weighted by Crippen LogP contribution is -2.18. The first-order valence-corrected chi connectivity index (χ1v) is 4.37. The van der Waals surface area contributed by atoms with Crippen molar-refractivity contribution in [2.24, 2.45) is 0 Å². The summed E-state index contributed by atoms with van der Waals surface area (Å²) in [6.07, 6.45) is -0.757. The Kier molecular flexibility index (Phi) is 3.33. The maximum atomic E-state index is 11.5. The average molecular weight is 206 g/mol. The van der Waals surface area contributed by atoms with Crippen LogP contribution in [0, 0.1) is 6.92 Å².